The van der Waals surface area contributed by atoms with E-state index >= 15 is 0 Å². The molecular formula is C28H26N4O3S. The van der Waals surface area contributed by atoms with E-state index in [2.05, 4.69) is 6.07 Å². The van der Waals surface area contributed by atoms with Gasteiger partial charge in [0.15, 0.2) is 5.78 Å². The molecule has 1 atom stereocenters. The van der Waals surface area contributed by atoms with Crippen molar-refractivity contribution in [2.24, 2.45) is 5.41 Å². The number of ketones is 1. The van der Waals surface area contributed by atoms with Crippen LogP contribution in [0.15, 0.2) is 71.0 Å². The molecule has 0 spiro atoms. The molecule has 2 aliphatic rings. The van der Waals surface area contributed by atoms with Gasteiger partial charge in [0.2, 0.25) is 0 Å². The van der Waals surface area contributed by atoms with Gasteiger partial charge in [-0.1, -0.05) is 19.9 Å². The highest BCUT2D eigenvalue weighted by molar-refractivity contribution is 7.10. The average Bonchev–Trinajstić information content (AvgIpc) is 3.49. The number of allylic oxidation sites excluding steroid dienone is 3. The van der Waals surface area contributed by atoms with Gasteiger partial charge in [0.05, 0.1) is 22.5 Å². The molecule has 5 rings (SSSR count). The van der Waals surface area contributed by atoms with E-state index in [-0.39, 0.29) is 16.9 Å². The summed E-state index contributed by atoms with van der Waals surface area (Å²) in [5.74, 6) is -0.0126. The third-order valence-electron chi connectivity index (χ3n) is 6.90. The Labute approximate surface area is 213 Å². The van der Waals surface area contributed by atoms with E-state index in [9.17, 15) is 20.2 Å². The molecule has 0 saturated heterocycles. The summed E-state index contributed by atoms with van der Waals surface area (Å²) in [6.07, 6.45) is 4.57. The minimum absolute atomic E-state index is 0.0156. The number of carbonyl (C=O) groups is 1. The Morgan fingerprint density at radius 1 is 1.17 bits per heavy atom. The second kappa shape index (κ2) is 8.61. The fourth-order valence-corrected chi connectivity index (χ4v) is 6.41. The van der Waals surface area contributed by atoms with Gasteiger partial charge in [-0.3, -0.25) is 19.8 Å². The number of nitro groups is 1. The number of hydrogen-bond acceptors (Lipinski definition) is 6. The fraction of sp³-hybridized carbons (Fsp3) is 0.286. The Morgan fingerprint density at radius 3 is 2.50 bits per heavy atom. The van der Waals surface area contributed by atoms with Crippen LogP contribution in [0, 0.1) is 40.7 Å². The predicted molar refractivity (Wildman–Crippen MR) is 140 cm³/mol. The van der Waals surface area contributed by atoms with Gasteiger partial charge >= 0.3 is 0 Å². The van der Waals surface area contributed by atoms with Crippen molar-refractivity contribution in [3.05, 3.63) is 97.1 Å². The molecule has 0 unspecified atom stereocenters. The summed E-state index contributed by atoms with van der Waals surface area (Å²) in [4.78, 5) is 28.4. The van der Waals surface area contributed by atoms with Crippen LogP contribution in [-0.2, 0) is 4.79 Å². The molecular weight excluding hydrogens is 472 g/mol. The smallest absolute Gasteiger partial charge is 0.293 e. The highest BCUT2D eigenvalue weighted by Gasteiger charge is 2.47. The zero-order chi connectivity index (χ0) is 25.8. The lowest BCUT2D eigenvalue weighted by atomic mass is 9.69. The predicted octanol–water partition coefficient (Wildman–Crippen LogP) is 6.71. The molecule has 1 aliphatic carbocycles. The Morgan fingerprint density at radius 2 is 1.89 bits per heavy atom. The number of thiophene rings is 1. The van der Waals surface area contributed by atoms with Crippen LogP contribution < -0.4 is 4.90 Å². The van der Waals surface area contributed by atoms with Crippen LogP contribution >= 0.6 is 11.3 Å². The molecule has 36 heavy (non-hydrogen) atoms. The second-order valence-electron chi connectivity index (χ2n) is 10.2. The van der Waals surface area contributed by atoms with Crippen molar-refractivity contribution in [1.82, 2.24) is 4.57 Å². The van der Waals surface area contributed by atoms with Crippen molar-refractivity contribution in [2.75, 3.05) is 4.90 Å². The van der Waals surface area contributed by atoms with Crippen molar-refractivity contribution in [3.63, 3.8) is 0 Å². The van der Waals surface area contributed by atoms with E-state index < -0.39 is 10.8 Å². The third kappa shape index (κ3) is 3.76. The quantitative estimate of drug-likeness (QED) is 0.294. The number of benzene rings is 1. The summed E-state index contributed by atoms with van der Waals surface area (Å²) < 4.78 is 1.83. The van der Waals surface area contributed by atoms with Gasteiger partial charge in [0.25, 0.3) is 5.69 Å². The molecule has 0 fully saturated rings. The van der Waals surface area contributed by atoms with Gasteiger partial charge < -0.3 is 4.57 Å². The summed E-state index contributed by atoms with van der Waals surface area (Å²) in [6, 6.07) is 13.2. The van der Waals surface area contributed by atoms with Gasteiger partial charge in [-0.25, -0.2) is 0 Å². The maximum absolute atomic E-state index is 13.8. The van der Waals surface area contributed by atoms with Crippen LogP contribution in [-0.4, -0.2) is 15.3 Å². The lowest BCUT2D eigenvalue weighted by Crippen LogP contribution is -2.40. The van der Waals surface area contributed by atoms with Crippen molar-refractivity contribution >= 4 is 34.3 Å². The van der Waals surface area contributed by atoms with E-state index in [1.807, 2.05) is 74.3 Å². The summed E-state index contributed by atoms with van der Waals surface area (Å²) in [6.45, 7) is 7.89. The monoisotopic (exact) mass is 498 g/mol. The normalized spacial score (nSPS) is 19.4. The topological polar surface area (TPSA) is 92.2 Å². The average molecular weight is 499 g/mol. The van der Waals surface area contributed by atoms with Gasteiger partial charge in [0.1, 0.15) is 11.5 Å². The lowest BCUT2D eigenvalue weighted by Gasteiger charge is -2.44. The molecule has 3 aromatic rings. The van der Waals surface area contributed by atoms with Crippen molar-refractivity contribution in [2.45, 2.75) is 46.5 Å². The first kappa shape index (κ1) is 23.8. The minimum atomic E-state index is -0.522. The number of nitrogens with zero attached hydrogens (tertiary/aromatic N) is 4. The van der Waals surface area contributed by atoms with Gasteiger partial charge in [0, 0.05) is 41.0 Å². The Bertz CT molecular complexity index is 1500. The highest BCUT2D eigenvalue weighted by Crippen LogP contribution is 2.54. The van der Waals surface area contributed by atoms with E-state index in [1.54, 1.807) is 17.0 Å². The first-order valence-corrected chi connectivity index (χ1v) is 12.6. The molecule has 182 valence electrons. The first-order chi connectivity index (χ1) is 17.1. The molecule has 0 saturated carbocycles. The maximum Gasteiger partial charge on any atom is 0.293 e. The Kier molecular flexibility index (Phi) is 5.68. The molecule has 0 N–H and O–H groups in total. The van der Waals surface area contributed by atoms with Crippen LogP contribution in [0.1, 0.15) is 48.6 Å². The zero-order valence-electron chi connectivity index (χ0n) is 20.6. The van der Waals surface area contributed by atoms with Crippen LogP contribution in [0.3, 0.4) is 0 Å². The number of hydrogen-bond donors (Lipinski definition) is 0. The molecule has 1 aromatic carbocycles. The van der Waals surface area contributed by atoms with Gasteiger partial charge in [-0.05, 0) is 66.5 Å². The van der Waals surface area contributed by atoms with Crippen LogP contribution in [0.25, 0.3) is 5.82 Å². The Hall–Kier alpha value is -3.96. The number of Topliss-reactive ketones (excluding diaryl/α,β-unsaturated/α-hetero) is 1. The number of carbonyl (C=O) groups excluding carboxylic acids is 1. The zero-order valence-corrected chi connectivity index (χ0v) is 21.4. The molecule has 3 heterocycles. The number of nitriles is 1. The van der Waals surface area contributed by atoms with E-state index in [0.29, 0.717) is 35.5 Å². The number of rotatable bonds is 4. The van der Waals surface area contributed by atoms with Crippen molar-refractivity contribution in [3.8, 4) is 6.07 Å². The second-order valence-corrected chi connectivity index (χ2v) is 11.2. The third-order valence-corrected chi connectivity index (χ3v) is 7.98. The van der Waals surface area contributed by atoms with Crippen LogP contribution in [0.5, 0.6) is 0 Å². The molecule has 0 bridgehead atoms. The van der Waals surface area contributed by atoms with Crippen LogP contribution in [0.4, 0.5) is 11.4 Å². The molecule has 7 nitrogen and oxygen atoms in total. The molecule has 0 radical (unpaired) electrons. The van der Waals surface area contributed by atoms with E-state index in [1.165, 1.54) is 11.3 Å². The molecule has 8 heteroatoms. The summed E-state index contributed by atoms with van der Waals surface area (Å²) in [5.41, 5.74) is 3.42. The lowest BCUT2D eigenvalue weighted by molar-refractivity contribution is -0.384. The SMILES string of the molecule is Cc1ccc(N2C3=C(C(=O)CC(C)(C)C3)[C@@H](c3sccc3C)C(C#N)=C2n2cccc2)c([N+](=O)[O-])c1. The summed E-state index contributed by atoms with van der Waals surface area (Å²) >= 11 is 1.53. The summed E-state index contributed by atoms with van der Waals surface area (Å²) in [7, 11) is 0. The minimum Gasteiger partial charge on any atom is -0.309 e. The van der Waals surface area contributed by atoms with Crippen molar-refractivity contribution < 1.29 is 9.72 Å². The van der Waals surface area contributed by atoms with Crippen LogP contribution in [0.2, 0.25) is 0 Å². The fourth-order valence-electron chi connectivity index (χ4n) is 5.37. The van der Waals surface area contributed by atoms with Gasteiger partial charge in [-0.15, -0.1) is 11.3 Å². The first-order valence-electron chi connectivity index (χ1n) is 11.8. The number of aryl methyl sites for hydroxylation is 2. The summed E-state index contributed by atoms with van der Waals surface area (Å²) in [5, 5.41) is 24.8. The number of aromatic nitrogens is 1. The van der Waals surface area contributed by atoms with Crippen molar-refractivity contribution in [1.29, 1.82) is 5.26 Å². The molecule has 1 aliphatic heterocycles. The largest absolute Gasteiger partial charge is 0.309 e. The van der Waals surface area contributed by atoms with E-state index in [4.69, 9.17) is 0 Å². The standard InChI is InChI=1S/C28H26N4O3S/c1-17-7-8-20(21(13-17)32(34)35)31-22-14-28(3,4)15-23(33)25(22)24(26-18(2)9-12-36-26)19(16-29)27(31)30-10-5-6-11-30/h5-13,24H,14-15H2,1-4H3/t24-/m0/s1. The Balaban J connectivity index is 1.92. The number of nitro benzene ring substituents is 1. The van der Waals surface area contributed by atoms with Gasteiger partial charge in [-0.2, -0.15) is 5.26 Å². The number of anilines is 1. The highest BCUT2D eigenvalue weighted by atomic mass is 32.1. The molecule has 0 amide bonds. The van der Waals surface area contributed by atoms with E-state index in [0.717, 1.165) is 21.7 Å². The molecule has 2 aromatic heterocycles. The maximum atomic E-state index is 13.8.